The molecule has 152 valence electrons. The van der Waals surface area contributed by atoms with Gasteiger partial charge in [0.25, 0.3) is 0 Å². The van der Waals surface area contributed by atoms with E-state index in [0.29, 0.717) is 0 Å². The molecule has 0 aliphatic carbocycles. The molecule has 0 saturated carbocycles. The maximum atomic E-state index is 12.7. The van der Waals surface area contributed by atoms with E-state index in [1.165, 1.54) is 0 Å². The SMILES string of the molecule is Cc1onc(-c2ccccc2)c1CN1CCN(c2ccc(C(F)(F)F)cc2)CC1. The summed E-state index contributed by atoms with van der Waals surface area (Å²) >= 11 is 0. The first-order valence-electron chi connectivity index (χ1n) is 9.57. The fraction of sp³-hybridized carbons (Fsp3) is 0.318. The van der Waals surface area contributed by atoms with Crippen LogP contribution in [0.2, 0.25) is 0 Å². The van der Waals surface area contributed by atoms with Crippen LogP contribution in [0.1, 0.15) is 16.9 Å². The van der Waals surface area contributed by atoms with Gasteiger partial charge < -0.3 is 9.42 Å². The van der Waals surface area contributed by atoms with Crippen LogP contribution in [-0.4, -0.2) is 36.2 Å². The predicted octanol–water partition coefficient (Wildman–Crippen LogP) is 4.99. The minimum atomic E-state index is -4.30. The second-order valence-electron chi connectivity index (χ2n) is 7.24. The van der Waals surface area contributed by atoms with Gasteiger partial charge in [0.05, 0.1) is 5.56 Å². The Balaban J connectivity index is 1.41. The molecule has 0 atom stereocenters. The van der Waals surface area contributed by atoms with Crippen molar-refractivity contribution in [2.24, 2.45) is 0 Å². The minimum absolute atomic E-state index is 0.615. The van der Waals surface area contributed by atoms with Gasteiger partial charge in [-0.05, 0) is 31.2 Å². The number of nitrogens with zero attached hydrogens (tertiary/aromatic N) is 3. The quantitative estimate of drug-likeness (QED) is 0.617. The second-order valence-corrected chi connectivity index (χ2v) is 7.24. The van der Waals surface area contributed by atoms with Gasteiger partial charge in [0.15, 0.2) is 0 Å². The van der Waals surface area contributed by atoms with E-state index >= 15 is 0 Å². The Morgan fingerprint density at radius 1 is 0.931 bits per heavy atom. The third kappa shape index (κ3) is 4.29. The first-order valence-corrected chi connectivity index (χ1v) is 9.57. The highest BCUT2D eigenvalue weighted by Crippen LogP contribution is 2.31. The molecule has 1 fully saturated rings. The molecule has 0 N–H and O–H groups in total. The molecule has 4 rings (SSSR count). The van der Waals surface area contributed by atoms with E-state index in [1.807, 2.05) is 37.3 Å². The van der Waals surface area contributed by atoms with Crippen LogP contribution in [0, 0.1) is 6.92 Å². The Bertz CT molecular complexity index is 944. The van der Waals surface area contributed by atoms with Gasteiger partial charge in [0, 0.05) is 49.5 Å². The van der Waals surface area contributed by atoms with Crippen molar-refractivity contribution >= 4 is 5.69 Å². The first-order chi connectivity index (χ1) is 13.9. The van der Waals surface area contributed by atoms with E-state index < -0.39 is 11.7 Å². The Kier molecular flexibility index (Phi) is 5.32. The monoisotopic (exact) mass is 401 g/mol. The molecule has 0 amide bonds. The number of hydrogen-bond donors (Lipinski definition) is 0. The molecule has 1 aliphatic heterocycles. The third-order valence-electron chi connectivity index (χ3n) is 5.35. The molecule has 1 aliphatic rings. The molecular weight excluding hydrogens is 379 g/mol. The van der Waals surface area contributed by atoms with Gasteiger partial charge in [0.2, 0.25) is 0 Å². The molecule has 29 heavy (non-hydrogen) atoms. The van der Waals surface area contributed by atoms with Gasteiger partial charge in [-0.1, -0.05) is 35.5 Å². The highest BCUT2D eigenvalue weighted by atomic mass is 19.4. The lowest BCUT2D eigenvalue weighted by atomic mass is 10.1. The maximum Gasteiger partial charge on any atom is 0.416 e. The van der Waals surface area contributed by atoms with Crippen molar-refractivity contribution in [3.63, 3.8) is 0 Å². The third-order valence-corrected chi connectivity index (χ3v) is 5.35. The zero-order valence-electron chi connectivity index (χ0n) is 16.1. The molecule has 0 radical (unpaired) electrons. The van der Waals surface area contributed by atoms with E-state index in [-0.39, 0.29) is 0 Å². The number of hydrogen-bond acceptors (Lipinski definition) is 4. The van der Waals surface area contributed by atoms with Crippen molar-refractivity contribution in [3.05, 3.63) is 71.5 Å². The zero-order chi connectivity index (χ0) is 20.4. The number of rotatable bonds is 4. The summed E-state index contributed by atoms with van der Waals surface area (Å²) in [5.41, 5.74) is 3.19. The molecular formula is C22H22F3N3O. The number of halogens is 3. The number of piperazine rings is 1. The van der Waals surface area contributed by atoms with Crippen molar-refractivity contribution in [2.45, 2.75) is 19.6 Å². The summed E-state index contributed by atoms with van der Waals surface area (Å²) in [6, 6.07) is 15.4. The number of benzene rings is 2. The van der Waals surface area contributed by atoms with E-state index in [2.05, 4.69) is 15.0 Å². The van der Waals surface area contributed by atoms with Gasteiger partial charge in [-0.15, -0.1) is 0 Å². The van der Waals surface area contributed by atoms with Crippen molar-refractivity contribution in [3.8, 4) is 11.3 Å². The normalized spacial score (nSPS) is 15.7. The van der Waals surface area contributed by atoms with Crippen LogP contribution in [0.5, 0.6) is 0 Å². The summed E-state index contributed by atoms with van der Waals surface area (Å²) in [5, 5.41) is 4.24. The van der Waals surface area contributed by atoms with Crippen LogP contribution >= 0.6 is 0 Å². The van der Waals surface area contributed by atoms with Gasteiger partial charge in [0.1, 0.15) is 11.5 Å². The molecule has 0 spiro atoms. The van der Waals surface area contributed by atoms with E-state index in [9.17, 15) is 13.2 Å². The molecule has 2 aromatic carbocycles. The van der Waals surface area contributed by atoms with Crippen molar-refractivity contribution in [1.82, 2.24) is 10.1 Å². The smallest absolute Gasteiger partial charge is 0.369 e. The van der Waals surface area contributed by atoms with Gasteiger partial charge >= 0.3 is 6.18 Å². The molecule has 3 aromatic rings. The van der Waals surface area contributed by atoms with Crippen LogP contribution in [0.4, 0.5) is 18.9 Å². The van der Waals surface area contributed by atoms with E-state index in [1.54, 1.807) is 12.1 Å². The fourth-order valence-electron chi connectivity index (χ4n) is 3.65. The second kappa shape index (κ2) is 7.91. The van der Waals surface area contributed by atoms with Crippen molar-refractivity contribution in [1.29, 1.82) is 0 Å². The molecule has 7 heteroatoms. The summed E-state index contributed by atoms with van der Waals surface area (Å²) in [6.45, 7) is 5.82. The van der Waals surface area contributed by atoms with Gasteiger partial charge in [-0.2, -0.15) is 13.2 Å². The lowest BCUT2D eigenvalue weighted by Gasteiger charge is -2.36. The number of aromatic nitrogens is 1. The van der Waals surface area contributed by atoms with E-state index in [0.717, 1.165) is 73.1 Å². The standard InChI is InChI=1S/C22H22F3N3O/c1-16-20(21(26-29-16)17-5-3-2-4-6-17)15-27-11-13-28(14-12-27)19-9-7-18(8-10-19)22(23,24)25/h2-10H,11-15H2,1H3. The zero-order valence-corrected chi connectivity index (χ0v) is 16.1. The molecule has 0 bridgehead atoms. The molecule has 4 nitrogen and oxygen atoms in total. The van der Waals surface area contributed by atoms with Gasteiger partial charge in [-0.25, -0.2) is 0 Å². The lowest BCUT2D eigenvalue weighted by Crippen LogP contribution is -2.46. The predicted molar refractivity (Wildman–Crippen MR) is 106 cm³/mol. The average Bonchev–Trinajstić information content (AvgIpc) is 3.09. The summed E-state index contributed by atoms with van der Waals surface area (Å²) in [7, 11) is 0. The molecule has 1 saturated heterocycles. The Hall–Kier alpha value is -2.80. The first kappa shape index (κ1) is 19.5. The average molecular weight is 401 g/mol. The van der Waals surface area contributed by atoms with Crippen LogP contribution in [0.15, 0.2) is 59.1 Å². The van der Waals surface area contributed by atoms with Crippen molar-refractivity contribution in [2.75, 3.05) is 31.1 Å². The minimum Gasteiger partial charge on any atom is -0.369 e. The topological polar surface area (TPSA) is 32.5 Å². The Morgan fingerprint density at radius 2 is 1.59 bits per heavy atom. The highest BCUT2D eigenvalue weighted by Gasteiger charge is 2.30. The maximum absolute atomic E-state index is 12.7. The van der Waals surface area contributed by atoms with Crippen LogP contribution in [-0.2, 0) is 12.7 Å². The molecule has 0 unspecified atom stereocenters. The number of anilines is 1. The number of alkyl halides is 3. The van der Waals surface area contributed by atoms with Gasteiger partial charge in [-0.3, -0.25) is 4.90 Å². The van der Waals surface area contributed by atoms with Crippen LogP contribution < -0.4 is 4.90 Å². The summed E-state index contributed by atoms with van der Waals surface area (Å²) in [6.07, 6.45) is -4.30. The summed E-state index contributed by atoms with van der Waals surface area (Å²) < 4.78 is 43.7. The summed E-state index contributed by atoms with van der Waals surface area (Å²) in [4.78, 5) is 4.45. The van der Waals surface area contributed by atoms with Crippen molar-refractivity contribution < 1.29 is 17.7 Å². The largest absolute Gasteiger partial charge is 0.416 e. The Morgan fingerprint density at radius 3 is 2.21 bits per heavy atom. The fourth-order valence-corrected chi connectivity index (χ4v) is 3.65. The highest BCUT2D eigenvalue weighted by molar-refractivity contribution is 5.63. The molecule has 2 heterocycles. The lowest BCUT2D eigenvalue weighted by molar-refractivity contribution is -0.137. The van der Waals surface area contributed by atoms with Crippen LogP contribution in [0.25, 0.3) is 11.3 Å². The van der Waals surface area contributed by atoms with E-state index in [4.69, 9.17) is 4.52 Å². The summed E-state index contributed by atoms with van der Waals surface area (Å²) in [5.74, 6) is 0.814. The Labute approximate surface area is 167 Å². The number of aryl methyl sites for hydroxylation is 1. The molecule has 1 aromatic heterocycles. The van der Waals surface area contributed by atoms with Crippen LogP contribution in [0.3, 0.4) is 0 Å².